The minimum Gasteiger partial charge on any atom is -0.497 e. The first-order valence-corrected chi connectivity index (χ1v) is 11.3. The molecule has 3 heterocycles. The largest absolute Gasteiger partial charge is 0.497 e. The normalized spacial score (nSPS) is 19.2. The van der Waals surface area contributed by atoms with Gasteiger partial charge in [0.05, 0.1) is 36.8 Å². The van der Waals surface area contributed by atoms with Gasteiger partial charge in [0.15, 0.2) is 0 Å². The highest BCUT2D eigenvalue weighted by Gasteiger charge is 2.34. The molecule has 8 heteroatoms. The van der Waals surface area contributed by atoms with Crippen molar-refractivity contribution in [2.24, 2.45) is 11.8 Å². The molecule has 1 aromatic carbocycles. The van der Waals surface area contributed by atoms with E-state index < -0.39 is 18.0 Å². The molecule has 0 amide bonds. The van der Waals surface area contributed by atoms with Gasteiger partial charge in [-0.05, 0) is 61.6 Å². The van der Waals surface area contributed by atoms with Crippen LogP contribution in [0.4, 0.5) is 0 Å². The SMILES string of the molecule is COc1ccc2nccc([C@H](O)CC[C@@H]3CCN(CC#Cc4cncnc4)C[C@@H]3C(=O)O)c2c1. The topological polar surface area (TPSA) is 109 Å². The van der Waals surface area contributed by atoms with Gasteiger partial charge in [0.1, 0.15) is 12.1 Å². The Morgan fingerprint density at radius 3 is 2.88 bits per heavy atom. The molecular formula is C26H28N4O4. The molecule has 2 N–H and O–H groups in total. The van der Waals surface area contributed by atoms with E-state index in [1.54, 1.807) is 25.7 Å². The molecule has 3 atom stereocenters. The van der Waals surface area contributed by atoms with Crippen molar-refractivity contribution in [1.82, 2.24) is 19.9 Å². The molecule has 0 aliphatic carbocycles. The smallest absolute Gasteiger partial charge is 0.308 e. The number of ether oxygens (including phenoxy) is 1. The van der Waals surface area contributed by atoms with Gasteiger partial charge in [0.2, 0.25) is 0 Å². The predicted octanol–water partition coefficient (Wildman–Crippen LogP) is 2.92. The molecule has 0 bridgehead atoms. The van der Waals surface area contributed by atoms with E-state index in [2.05, 4.69) is 31.7 Å². The molecule has 4 rings (SSSR count). The number of carbonyl (C=O) groups is 1. The van der Waals surface area contributed by atoms with Gasteiger partial charge in [-0.1, -0.05) is 11.8 Å². The van der Waals surface area contributed by atoms with Gasteiger partial charge in [0, 0.05) is 30.5 Å². The lowest BCUT2D eigenvalue weighted by atomic mass is 9.81. The number of carboxylic acids is 1. The van der Waals surface area contributed by atoms with Gasteiger partial charge in [-0.3, -0.25) is 14.7 Å². The zero-order valence-corrected chi connectivity index (χ0v) is 19.1. The summed E-state index contributed by atoms with van der Waals surface area (Å²) in [5.74, 6) is 5.53. The van der Waals surface area contributed by atoms with Gasteiger partial charge < -0.3 is 14.9 Å². The fraction of sp³-hybridized carbons (Fsp3) is 0.385. The lowest BCUT2D eigenvalue weighted by molar-refractivity contribution is -0.146. The molecule has 8 nitrogen and oxygen atoms in total. The monoisotopic (exact) mass is 460 g/mol. The van der Waals surface area contributed by atoms with Gasteiger partial charge >= 0.3 is 5.97 Å². The van der Waals surface area contributed by atoms with Crippen molar-refractivity contribution in [3.63, 3.8) is 0 Å². The van der Waals surface area contributed by atoms with Crippen LogP contribution in [0.15, 0.2) is 49.2 Å². The molecule has 0 radical (unpaired) electrons. The van der Waals surface area contributed by atoms with Gasteiger partial charge in [-0.2, -0.15) is 0 Å². The summed E-state index contributed by atoms with van der Waals surface area (Å²) in [5.41, 5.74) is 2.31. The van der Waals surface area contributed by atoms with Crippen LogP contribution in [0.2, 0.25) is 0 Å². The number of hydrogen-bond acceptors (Lipinski definition) is 7. The summed E-state index contributed by atoms with van der Waals surface area (Å²) in [5, 5.41) is 21.7. The average molecular weight is 461 g/mol. The highest BCUT2D eigenvalue weighted by atomic mass is 16.5. The van der Waals surface area contributed by atoms with E-state index in [0.29, 0.717) is 31.7 Å². The number of piperidine rings is 1. The van der Waals surface area contributed by atoms with E-state index in [-0.39, 0.29) is 5.92 Å². The van der Waals surface area contributed by atoms with E-state index in [0.717, 1.165) is 35.0 Å². The van der Waals surface area contributed by atoms with Crippen LogP contribution in [0.1, 0.15) is 36.5 Å². The Morgan fingerprint density at radius 2 is 2.12 bits per heavy atom. The molecule has 1 fully saturated rings. The van der Waals surface area contributed by atoms with Crippen LogP contribution >= 0.6 is 0 Å². The van der Waals surface area contributed by atoms with Crippen molar-refractivity contribution < 1.29 is 19.7 Å². The number of likely N-dealkylation sites (tertiary alicyclic amines) is 1. The van der Waals surface area contributed by atoms with Crippen LogP contribution in [0.25, 0.3) is 10.9 Å². The highest BCUT2D eigenvalue weighted by molar-refractivity contribution is 5.83. The summed E-state index contributed by atoms with van der Waals surface area (Å²) >= 11 is 0. The highest BCUT2D eigenvalue weighted by Crippen LogP contribution is 2.33. The average Bonchev–Trinajstić information content (AvgIpc) is 2.87. The Bertz CT molecular complexity index is 1190. The molecule has 1 saturated heterocycles. The maximum absolute atomic E-state index is 12.0. The van der Waals surface area contributed by atoms with E-state index in [1.807, 2.05) is 24.3 Å². The second kappa shape index (κ2) is 11.1. The first kappa shape index (κ1) is 23.6. The number of aliphatic hydroxyl groups excluding tert-OH is 1. The van der Waals surface area contributed by atoms with Crippen LogP contribution < -0.4 is 4.74 Å². The number of nitrogens with zero attached hydrogens (tertiary/aromatic N) is 4. The van der Waals surface area contributed by atoms with Crippen LogP contribution in [0.3, 0.4) is 0 Å². The van der Waals surface area contributed by atoms with Crippen LogP contribution in [0, 0.1) is 23.7 Å². The molecule has 3 aromatic rings. The number of carboxylic acid groups (broad SMARTS) is 1. The third-order valence-electron chi connectivity index (χ3n) is 6.41. The molecule has 34 heavy (non-hydrogen) atoms. The first-order valence-electron chi connectivity index (χ1n) is 11.3. The third kappa shape index (κ3) is 5.68. The van der Waals surface area contributed by atoms with Crippen molar-refractivity contribution in [1.29, 1.82) is 0 Å². The molecule has 0 saturated carbocycles. The van der Waals surface area contributed by atoms with Gasteiger partial charge in [0.25, 0.3) is 0 Å². The van der Waals surface area contributed by atoms with Crippen molar-refractivity contribution >= 4 is 16.9 Å². The Hall–Kier alpha value is -3.54. The Labute approximate surface area is 198 Å². The number of benzene rings is 1. The van der Waals surface area contributed by atoms with Gasteiger partial charge in [-0.15, -0.1) is 0 Å². The number of rotatable bonds is 7. The summed E-state index contributed by atoms with van der Waals surface area (Å²) in [4.78, 5) is 26.3. The Kier molecular flexibility index (Phi) is 7.68. The second-order valence-electron chi connectivity index (χ2n) is 8.53. The number of hydrogen-bond donors (Lipinski definition) is 2. The van der Waals surface area contributed by atoms with E-state index in [1.165, 1.54) is 6.33 Å². The van der Waals surface area contributed by atoms with Crippen molar-refractivity contribution in [2.45, 2.75) is 25.4 Å². The van der Waals surface area contributed by atoms with Crippen molar-refractivity contribution in [3.8, 4) is 17.6 Å². The van der Waals surface area contributed by atoms with Crippen LogP contribution in [-0.2, 0) is 4.79 Å². The summed E-state index contributed by atoms with van der Waals surface area (Å²) < 4.78 is 5.32. The quantitative estimate of drug-likeness (QED) is 0.518. The maximum Gasteiger partial charge on any atom is 0.308 e. The number of fused-ring (bicyclic) bond motifs is 1. The number of aliphatic hydroxyl groups is 1. The summed E-state index contributed by atoms with van der Waals surface area (Å²) in [7, 11) is 1.60. The Morgan fingerprint density at radius 1 is 1.29 bits per heavy atom. The Balaban J connectivity index is 1.38. The molecule has 1 aliphatic heterocycles. The summed E-state index contributed by atoms with van der Waals surface area (Å²) in [6.45, 7) is 1.73. The number of aromatic nitrogens is 3. The molecule has 2 aromatic heterocycles. The lowest BCUT2D eigenvalue weighted by Gasteiger charge is -2.36. The second-order valence-corrected chi connectivity index (χ2v) is 8.53. The third-order valence-corrected chi connectivity index (χ3v) is 6.41. The molecule has 0 spiro atoms. The summed E-state index contributed by atoms with van der Waals surface area (Å²) in [6.07, 6.45) is 7.62. The standard InChI is InChI=1S/C26H28N4O4/c1-34-20-5-6-24-22(13-20)21(8-10-29-24)25(31)7-4-19-9-12-30(16-23(19)26(32)33)11-2-3-18-14-27-17-28-15-18/h5-6,8,10,13-15,17,19,23,25,31H,4,7,9,11-12,16H2,1H3,(H,32,33)/t19-,23+,25-/m1/s1. The van der Waals surface area contributed by atoms with Crippen LogP contribution in [0.5, 0.6) is 5.75 Å². The molecule has 1 aliphatic rings. The predicted molar refractivity (Wildman–Crippen MR) is 127 cm³/mol. The van der Waals surface area contributed by atoms with E-state index in [4.69, 9.17) is 4.74 Å². The number of methoxy groups -OCH3 is 1. The molecule has 0 unspecified atom stereocenters. The van der Waals surface area contributed by atoms with Crippen molar-refractivity contribution in [2.75, 3.05) is 26.7 Å². The van der Waals surface area contributed by atoms with Crippen LogP contribution in [-0.4, -0.2) is 62.8 Å². The number of pyridine rings is 1. The fourth-order valence-electron chi connectivity index (χ4n) is 4.55. The molecular weight excluding hydrogens is 432 g/mol. The summed E-state index contributed by atoms with van der Waals surface area (Å²) in [6, 6.07) is 7.41. The first-order chi connectivity index (χ1) is 16.5. The minimum absolute atomic E-state index is 0.00141. The zero-order chi connectivity index (χ0) is 23.9. The zero-order valence-electron chi connectivity index (χ0n) is 19.1. The molecule has 176 valence electrons. The van der Waals surface area contributed by atoms with E-state index >= 15 is 0 Å². The number of aliphatic carboxylic acids is 1. The van der Waals surface area contributed by atoms with Crippen molar-refractivity contribution in [3.05, 3.63) is 60.3 Å². The fourth-order valence-corrected chi connectivity index (χ4v) is 4.55. The van der Waals surface area contributed by atoms with E-state index in [9.17, 15) is 15.0 Å². The lowest BCUT2D eigenvalue weighted by Crippen LogP contribution is -2.44. The minimum atomic E-state index is -0.798. The maximum atomic E-state index is 12.0. The van der Waals surface area contributed by atoms with Gasteiger partial charge in [-0.25, -0.2) is 9.97 Å².